The maximum Gasteiger partial charge on any atom is 0.315 e. The number of aromatic nitrogens is 4. The van der Waals surface area contributed by atoms with Crippen LogP contribution in [0.3, 0.4) is 0 Å². The lowest BCUT2D eigenvalue weighted by molar-refractivity contribution is -0.120. The Morgan fingerprint density at radius 1 is 1.06 bits per heavy atom. The molecule has 31 heavy (non-hydrogen) atoms. The van der Waals surface area contributed by atoms with Crippen LogP contribution in [0.5, 0.6) is 0 Å². The lowest BCUT2D eigenvalue weighted by atomic mass is 10.2. The van der Waals surface area contributed by atoms with Gasteiger partial charge in [0.2, 0.25) is 5.91 Å². The topological polar surface area (TPSA) is 134 Å². The summed E-state index contributed by atoms with van der Waals surface area (Å²) >= 11 is 0. The van der Waals surface area contributed by atoms with Crippen LogP contribution in [0.4, 0.5) is 4.79 Å². The Labute approximate surface area is 179 Å². The highest BCUT2D eigenvalue weighted by Gasteiger charge is 2.12. The van der Waals surface area contributed by atoms with E-state index >= 15 is 0 Å². The molecule has 3 rings (SSSR count). The zero-order chi connectivity index (χ0) is 22.1. The molecule has 1 aromatic carbocycles. The van der Waals surface area contributed by atoms with E-state index in [-0.39, 0.29) is 31.0 Å². The molecule has 2 aromatic heterocycles. The van der Waals surface area contributed by atoms with Gasteiger partial charge in [-0.1, -0.05) is 38.0 Å². The third-order valence-electron chi connectivity index (χ3n) is 4.64. The van der Waals surface area contributed by atoms with Gasteiger partial charge in [0, 0.05) is 19.5 Å². The van der Waals surface area contributed by atoms with Gasteiger partial charge in [0.1, 0.15) is 11.2 Å². The Balaban J connectivity index is 1.52. The van der Waals surface area contributed by atoms with E-state index in [1.54, 1.807) is 4.68 Å². The number of nitrogens with one attached hydrogen (secondary N) is 4. The molecule has 3 aromatic rings. The number of benzene rings is 1. The molecule has 164 valence electrons. The van der Waals surface area contributed by atoms with Crippen LogP contribution in [0, 0.1) is 0 Å². The summed E-state index contributed by atoms with van der Waals surface area (Å²) in [5, 5.41) is 12.7. The fourth-order valence-corrected chi connectivity index (χ4v) is 3.01. The number of nitrogens with zero attached hydrogens (tertiary/aromatic N) is 3. The third kappa shape index (κ3) is 6.14. The van der Waals surface area contributed by atoms with E-state index < -0.39 is 6.03 Å². The van der Waals surface area contributed by atoms with Gasteiger partial charge in [0.25, 0.3) is 5.56 Å². The number of unbranched alkanes of at least 4 members (excludes halogenated alkanes) is 2. The molecule has 0 aliphatic carbocycles. The lowest BCUT2D eigenvalue weighted by Gasteiger charge is -2.08. The van der Waals surface area contributed by atoms with E-state index in [0.717, 1.165) is 24.9 Å². The Bertz CT molecular complexity index is 1080. The molecular weight excluding hydrogens is 398 g/mol. The number of hydrogen-bond acceptors (Lipinski definition) is 5. The van der Waals surface area contributed by atoms with Gasteiger partial charge in [0.15, 0.2) is 5.65 Å². The maximum atomic E-state index is 12.3. The van der Waals surface area contributed by atoms with Crippen molar-refractivity contribution in [3.8, 4) is 5.69 Å². The molecule has 3 amide bonds. The highest BCUT2D eigenvalue weighted by atomic mass is 16.2. The normalized spacial score (nSPS) is 10.7. The van der Waals surface area contributed by atoms with Crippen molar-refractivity contribution in [3.05, 3.63) is 52.7 Å². The van der Waals surface area contributed by atoms with Crippen molar-refractivity contribution in [2.45, 2.75) is 39.2 Å². The van der Waals surface area contributed by atoms with Crippen LogP contribution >= 0.6 is 0 Å². The van der Waals surface area contributed by atoms with E-state index in [9.17, 15) is 14.4 Å². The van der Waals surface area contributed by atoms with Crippen LogP contribution in [0.15, 0.2) is 41.3 Å². The first kappa shape index (κ1) is 22.0. The van der Waals surface area contributed by atoms with Crippen molar-refractivity contribution < 1.29 is 9.59 Å². The van der Waals surface area contributed by atoms with Gasteiger partial charge in [-0.05, 0) is 18.6 Å². The Kier molecular flexibility index (Phi) is 7.74. The van der Waals surface area contributed by atoms with E-state index in [1.165, 1.54) is 6.20 Å². The second kappa shape index (κ2) is 10.9. The summed E-state index contributed by atoms with van der Waals surface area (Å²) in [5.74, 6) is 0.209. The minimum atomic E-state index is -0.446. The molecule has 0 atom stereocenters. The van der Waals surface area contributed by atoms with Gasteiger partial charge in [-0.2, -0.15) is 5.10 Å². The Morgan fingerprint density at radius 3 is 2.65 bits per heavy atom. The number of carbonyl (C=O) groups excluding carboxylic acids is 2. The van der Waals surface area contributed by atoms with Gasteiger partial charge in [-0.25, -0.2) is 14.5 Å². The maximum absolute atomic E-state index is 12.3. The van der Waals surface area contributed by atoms with Crippen molar-refractivity contribution in [3.63, 3.8) is 0 Å². The molecule has 0 saturated heterocycles. The zero-order valence-corrected chi connectivity index (χ0v) is 17.5. The standard InChI is InChI=1S/C21H27N7O3/c1-2-3-7-11-22-18(29)10-12-23-21(31)24-14-17-26-19-16(20(30)27-17)13-25-28(19)15-8-5-4-6-9-15/h4-6,8-9,13H,2-3,7,10-12,14H2,1H3,(H,22,29)(H2,23,24,31)(H,26,27,30). The SMILES string of the molecule is CCCCCNC(=O)CCNC(=O)NCc1nc2c(cnn2-c2ccccc2)c(=O)[nH]1. The highest BCUT2D eigenvalue weighted by molar-refractivity contribution is 5.78. The summed E-state index contributed by atoms with van der Waals surface area (Å²) in [6.45, 7) is 3.00. The zero-order valence-electron chi connectivity index (χ0n) is 17.5. The molecule has 0 bridgehead atoms. The highest BCUT2D eigenvalue weighted by Crippen LogP contribution is 2.13. The average Bonchev–Trinajstić information content (AvgIpc) is 3.20. The number of carbonyl (C=O) groups is 2. The quantitative estimate of drug-likeness (QED) is 0.366. The van der Waals surface area contributed by atoms with E-state index in [4.69, 9.17) is 0 Å². The minimum Gasteiger partial charge on any atom is -0.356 e. The monoisotopic (exact) mass is 425 g/mol. The molecule has 0 aliphatic rings. The molecule has 0 fully saturated rings. The number of rotatable bonds is 10. The molecule has 0 saturated carbocycles. The second-order valence-corrected chi connectivity index (χ2v) is 7.06. The van der Waals surface area contributed by atoms with Gasteiger partial charge < -0.3 is 20.9 Å². The van der Waals surface area contributed by atoms with Crippen molar-refractivity contribution >= 4 is 23.0 Å². The van der Waals surface area contributed by atoms with Gasteiger partial charge in [-0.15, -0.1) is 0 Å². The van der Waals surface area contributed by atoms with Crippen LogP contribution in [0.2, 0.25) is 0 Å². The number of fused-ring (bicyclic) bond motifs is 1. The van der Waals surface area contributed by atoms with Gasteiger partial charge in [-0.3, -0.25) is 9.59 Å². The van der Waals surface area contributed by atoms with Crippen LogP contribution < -0.4 is 21.5 Å². The Morgan fingerprint density at radius 2 is 1.87 bits per heavy atom. The molecule has 0 spiro atoms. The van der Waals surface area contributed by atoms with Crippen molar-refractivity contribution in [1.82, 2.24) is 35.7 Å². The summed E-state index contributed by atoms with van der Waals surface area (Å²) < 4.78 is 1.58. The molecule has 0 radical (unpaired) electrons. The van der Waals surface area contributed by atoms with Crippen molar-refractivity contribution in [1.29, 1.82) is 0 Å². The number of amides is 3. The molecule has 2 heterocycles. The van der Waals surface area contributed by atoms with Crippen LogP contribution in [0.1, 0.15) is 38.4 Å². The first-order valence-corrected chi connectivity index (χ1v) is 10.4. The minimum absolute atomic E-state index is 0.0280. The molecule has 10 nitrogen and oxygen atoms in total. The largest absolute Gasteiger partial charge is 0.356 e. The fourth-order valence-electron chi connectivity index (χ4n) is 3.01. The number of H-pyrrole nitrogens is 1. The molecule has 10 heteroatoms. The van der Waals surface area contributed by atoms with Gasteiger partial charge >= 0.3 is 6.03 Å². The number of hydrogen-bond donors (Lipinski definition) is 4. The molecule has 4 N–H and O–H groups in total. The number of urea groups is 1. The smallest absolute Gasteiger partial charge is 0.315 e. The van der Waals surface area contributed by atoms with Crippen LogP contribution in [0.25, 0.3) is 16.7 Å². The predicted octanol–water partition coefficient (Wildman–Crippen LogP) is 1.60. The molecular formula is C21H27N7O3. The van der Waals surface area contributed by atoms with E-state index in [0.29, 0.717) is 23.4 Å². The van der Waals surface area contributed by atoms with Crippen LogP contribution in [-0.2, 0) is 11.3 Å². The summed E-state index contributed by atoms with van der Waals surface area (Å²) in [4.78, 5) is 43.1. The summed E-state index contributed by atoms with van der Waals surface area (Å²) in [7, 11) is 0. The lowest BCUT2D eigenvalue weighted by Crippen LogP contribution is -2.38. The van der Waals surface area contributed by atoms with Crippen LogP contribution in [-0.4, -0.2) is 44.8 Å². The molecule has 0 unspecified atom stereocenters. The van der Waals surface area contributed by atoms with Gasteiger partial charge in [0.05, 0.1) is 18.4 Å². The van der Waals surface area contributed by atoms with E-state index in [1.807, 2.05) is 30.3 Å². The summed E-state index contributed by atoms with van der Waals surface area (Å²) in [6.07, 6.45) is 4.80. The Hall–Kier alpha value is -3.69. The summed E-state index contributed by atoms with van der Waals surface area (Å²) in [6, 6.07) is 8.90. The second-order valence-electron chi connectivity index (χ2n) is 7.06. The number of aromatic amines is 1. The summed E-state index contributed by atoms with van der Waals surface area (Å²) in [5.41, 5.74) is 0.858. The van der Waals surface area contributed by atoms with Crippen molar-refractivity contribution in [2.75, 3.05) is 13.1 Å². The predicted molar refractivity (Wildman–Crippen MR) is 117 cm³/mol. The molecule has 0 aliphatic heterocycles. The number of para-hydroxylation sites is 1. The first-order chi connectivity index (χ1) is 15.1. The average molecular weight is 425 g/mol. The van der Waals surface area contributed by atoms with E-state index in [2.05, 4.69) is 37.9 Å². The first-order valence-electron chi connectivity index (χ1n) is 10.4. The third-order valence-corrected chi connectivity index (χ3v) is 4.64. The fraction of sp³-hybridized carbons (Fsp3) is 0.381. The van der Waals surface area contributed by atoms with Crippen molar-refractivity contribution in [2.24, 2.45) is 0 Å².